The molecule has 148 valence electrons. The predicted octanol–water partition coefficient (Wildman–Crippen LogP) is 1.60. The molecule has 2 heterocycles. The Bertz CT molecular complexity index is 799. The van der Waals surface area contributed by atoms with E-state index in [1.807, 2.05) is 6.92 Å². The molecule has 1 N–H and O–H groups in total. The van der Waals surface area contributed by atoms with E-state index < -0.39 is 10.0 Å². The van der Waals surface area contributed by atoms with E-state index in [9.17, 15) is 18.0 Å². The summed E-state index contributed by atoms with van der Waals surface area (Å²) in [5.41, 5.74) is 0.623. The molecule has 0 radical (unpaired) electrons. The summed E-state index contributed by atoms with van der Waals surface area (Å²) in [4.78, 5) is 26.0. The van der Waals surface area contributed by atoms with Gasteiger partial charge in [-0.3, -0.25) is 9.59 Å². The molecule has 0 aromatic heterocycles. The van der Waals surface area contributed by atoms with Gasteiger partial charge in [-0.05, 0) is 49.9 Å². The first-order valence-corrected chi connectivity index (χ1v) is 10.9. The van der Waals surface area contributed by atoms with Gasteiger partial charge in [0.2, 0.25) is 21.8 Å². The van der Waals surface area contributed by atoms with Gasteiger partial charge in [0.1, 0.15) is 0 Å². The standard InChI is InChI=1S/C19H27N3O4S/c1-3-20-19(24)15-12-18(23)22(13-15)16-4-6-17(7-5-16)27(25,26)21-10-8-14(2)9-11-21/h4-7,14-15H,3,8-13H2,1-2H3,(H,20,24)/t15-/m1/s1. The largest absolute Gasteiger partial charge is 0.356 e. The Balaban J connectivity index is 1.72. The van der Waals surface area contributed by atoms with Crippen LogP contribution in [0.4, 0.5) is 5.69 Å². The lowest BCUT2D eigenvalue weighted by Crippen LogP contribution is -2.37. The van der Waals surface area contributed by atoms with Gasteiger partial charge in [0.25, 0.3) is 0 Å². The van der Waals surface area contributed by atoms with E-state index in [0.29, 0.717) is 37.8 Å². The van der Waals surface area contributed by atoms with Gasteiger partial charge in [-0.2, -0.15) is 4.31 Å². The van der Waals surface area contributed by atoms with Crippen molar-refractivity contribution in [2.45, 2.75) is 38.0 Å². The molecule has 1 aromatic rings. The summed E-state index contributed by atoms with van der Waals surface area (Å²) >= 11 is 0. The highest BCUT2D eigenvalue weighted by molar-refractivity contribution is 7.89. The Labute approximate surface area is 160 Å². The summed E-state index contributed by atoms with van der Waals surface area (Å²) in [5, 5.41) is 2.75. The number of hydrogen-bond donors (Lipinski definition) is 1. The number of nitrogens with zero attached hydrogens (tertiary/aromatic N) is 2. The molecule has 2 aliphatic heterocycles. The number of anilines is 1. The van der Waals surface area contributed by atoms with Crippen molar-refractivity contribution in [2.24, 2.45) is 11.8 Å². The van der Waals surface area contributed by atoms with E-state index in [-0.39, 0.29) is 29.0 Å². The fraction of sp³-hybridized carbons (Fsp3) is 0.579. The van der Waals surface area contributed by atoms with E-state index in [4.69, 9.17) is 0 Å². The second kappa shape index (κ2) is 7.98. The Morgan fingerprint density at radius 1 is 1.19 bits per heavy atom. The van der Waals surface area contributed by atoms with Gasteiger partial charge >= 0.3 is 0 Å². The third-order valence-corrected chi connectivity index (χ3v) is 7.29. The highest BCUT2D eigenvalue weighted by Gasteiger charge is 2.35. The molecule has 0 saturated carbocycles. The van der Waals surface area contributed by atoms with E-state index in [0.717, 1.165) is 12.8 Å². The van der Waals surface area contributed by atoms with Crippen LogP contribution in [0.25, 0.3) is 0 Å². The molecule has 2 amide bonds. The summed E-state index contributed by atoms with van der Waals surface area (Å²) in [7, 11) is -3.51. The lowest BCUT2D eigenvalue weighted by Gasteiger charge is -2.29. The fourth-order valence-corrected chi connectivity index (χ4v) is 5.09. The number of nitrogens with one attached hydrogen (secondary N) is 1. The Hall–Kier alpha value is -1.93. The number of piperidine rings is 1. The first-order chi connectivity index (χ1) is 12.8. The van der Waals surface area contributed by atoms with Gasteiger partial charge in [0, 0.05) is 38.3 Å². The molecule has 0 aliphatic carbocycles. The summed E-state index contributed by atoms with van der Waals surface area (Å²) in [6.45, 7) is 5.93. The zero-order valence-corrected chi connectivity index (χ0v) is 16.7. The number of benzene rings is 1. The van der Waals surface area contributed by atoms with Crippen LogP contribution in [-0.4, -0.2) is 50.7 Å². The van der Waals surface area contributed by atoms with E-state index in [1.54, 1.807) is 29.2 Å². The molecule has 2 aliphatic rings. The molecule has 0 unspecified atom stereocenters. The molecule has 7 nitrogen and oxygen atoms in total. The van der Waals surface area contributed by atoms with Crippen LogP contribution in [0.5, 0.6) is 0 Å². The number of sulfonamides is 1. The van der Waals surface area contributed by atoms with Crippen LogP contribution in [0.2, 0.25) is 0 Å². The van der Waals surface area contributed by atoms with Gasteiger partial charge in [0.05, 0.1) is 10.8 Å². The van der Waals surface area contributed by atoms with Gasteiger partial charge in [-0.25, -0.2) is 8.42 Å². The van der Waals surface area contributed by atoms with Gasteiger partial charge < -0.3 is 10.2 Å². The Morgan fingerprint density at radius 2 is 1.81 bits per heavy atom. The van der Waals surface area contributed by atoms with Crippen LogP contribution in [0.1, 0.15) is 33.1 Å². The third kappa shape index (κ3) is 4.16. The minimum atomic E-state index is -3.51. The van der Waals surface area contributed by atoms with Crippen molar-refractivity contribution in [3.63, 3.8) is 0 Å². The zero-order chi connectivity index (χ0) is 19.6. The van der Waals surface area contributed by atoms with Crippen molar-refractivity contribution in [1.82, 2.24) is 9.62 Å². The summed E-state index contributed by atoms with van der Waals surface area (Å²) in [6, 6.07) is 6.40. The van der Waals surface area contributed by atoms with Crippen molar-refractivity contribution in [3.05, 3.63) is 24.3 Å². The van der Waals surface area contributed by atoms with Crippen molar-refractivity contribution >= 4 is 27.5 Å². The van der Waals surface area contributed by atoms with Crippen LogP contribution in [0, 0.1) is 11.8 Å². The molecule has 8 heteroatoms. The summed E-state index contributed by atoms with van der Waals surface area (Å²) in [6.07, 6.45) is 1.93. The summed E-state index contributed by atoms with van der Waals surface area (Å²) in [5.74, 6) is -0.0483. The lowest BCUT2D eigenvalue weighted by atomic mass is 10.0. The van der Waals surface area contributed by atoms with Crippen LogP contribution < -0.4 is 10.2 Å². The van der Waals surface area contributed by atoms with E-state index >= 15 is 0 Å². The van der Waals surface area contributed by atoms with E-state index in [1.165, 1.54) is 4.31 Å². The topological polar surface area (TPSA) is 86.8 Å². The zero-order valence-electron chi connectivity index (χ0n) is 15.8. The van der Waals surface area contributed by atoms with Crippen LogP contribution in [-0.2, 0) is 19.6 Å². The molecule has 3 rings (SSSR count). The van der Waals surface area contributed by atoms with Crippen molar-refractivity contribution < 1.29 is 18.0 Å². The van der Waals surface area contributed by atoms with Crippen LogP contribution >= 0.6 is 0 Å². The van der Waals surface area contributed by atoms with E-state index in [2.05, 4.69) is 12.2 Å². The van der Waals surface area contributed by atoms with Gasteiger partial charge in [-0.15, -0.1) is 0 Å². The van der Waals surface area contributed by atoms with Crippen molar-refractivity contribution in [2.75, 3.05) is 31.1 Å². The third-order valence-electron chi connectivity index (χ3n) is 5.38. The molecule has 0 bridgehead atoms. The van der Waals surface area contributed by atoms with Crippen LogP contribution in [0.3, 0.4) is 0 Å². The minimum Gasteiger partial charge on any atom is -0.356 e. The Kier molecular flexibility index (Phi) is 5.86. The number of amides is 2. The Morgan fingerprint density at radius 3 is 2.41 bits per heavy atom. The maximum absolute atomic E-state index is 12.8. The van der Waals surface area contributed by atoms with Crippen LogP contribution in [0.15, 0.2) is 29.2 Å². The predicted molar refractivity (Wildman–Crippen MR) is 103 cm³/mol. The number of hydrogen-bond acceptors (Lipinski definition) is 4. The number of carbonyl (C=O) groups excluding carboxylic acids is 2. The normalized spacial score (nSPS) is 22.2. The highest BCUT2D eigenvalue weighted by atomic mass is 32.2. The smallest absolute Gasteiger partial charge is 0.243 e. The first kappa shape index (κ1) is 19.8. The minimum absolute atomic E-state index is 0.119. The van der Waals surface area contributed by atoms with Gasteiger partial charge in [0.15, 0.2) is 0 Å². The summed E-state index contributed by atoms with van der Waals surface area (Å²) < 4.78 is 27.1. The molecule has 2 fully saturated rings. The second-order valence-electron chi connectivity index (χ2n) is 7.38. The maximum atomic E-state index is 12.8. The average molecular weight is 394 g/mol. The first-order valence-electron chi connectivity index (χ1n) is 9.51. The molecular weight excluding hydrogens is 366 g/mol. The fourth-order valence-electron chi connectivity index (χ4n) is 3.62. The quantitative estimate of drug-likeness (QED) is 0.823. The highest BCUT2D eigenvalue weighted by Crippen LogP contribution is 2.28. The number of carbonyl (C=O) groups is 2. The van der Waals surface area contributed by atoms with Crippen molar-refractivity contribution in [1.29, 1.82) is 0 Å². The van der Waals surface area contributed by atoms with Crippen molar-refractivity contribution in [3.8, 4) is 0 Å². The van der Waals surface area contributed by atoms with Gasteiger partial charge in [-0.1, -0.05) is 6.92 Å². The molecule has 0 spiro atoms. The maximum Gasteiger partial charge on any atom is 0.243 e. The lowest BCUT2D eigenvalue weighted by molar-refractivity contribution is -0.126. The second-order valence-corrected chi connectivity index (χ2v) is 9.32. The molecule has 1 aromatic carbocycles. The molecular formula is C19H27N3O4S. The SMILES string of the molecule is CCNC(=O)[C@@H]1CC(=O)N(c2ccc(S(=O)(=O)N3CCC(C)CC3)cc2)C1. The molecule has 2 saturated heterocycles. The molecule has 1 atom stereocenters. The average Bonchev–Trinajstić information content (AvgIpc) is 3.04. The molecule has 27 heavy (non-hydrogen) atoms. The monoisotopic (exact) mass is 393 g/mol. The number of rotatable bonds is 5.